The normalized spacial score (nSPS) is 15.6. The van der Waals surface area contributed by atoms with Gasteiger partial charge in [-0.1, -0.05) is 18.2 Å². The first kappa shape index (κ1) is 14.7. The lowest BCUT2D eigenvalue weighted by Gasteiger charge is -2.16. The van der Waals surface area contributed by atoms with Crippen LogP contribution < -0.4 is 9.03 Å². The summed E-state index contributed by atoms with van der Waals surface area (Å²) in [5.41, 5.74) is 1.76. The molecule has 0 atom stereocenters. The minimum atomic E-state index is -4.00. The quantitative estimate of drug-likeness (QED) is 0.779. The summed E-state index contributed by atoms with van der Waals surface area (Å²) in [5.74, 6) is -0.803. The molecule has 0 saturated carbocycles. The number of aliphatic hydroxyl groups is 1. The number of nitrogens with one attached hydrogen (secondary N) is 1. The maximum Gasteiger partial charge on any atom is 0.330 e. The zero-order valence-corrected chi connectivity index (χ0v) is 12.4. The van der Waals surface area contributed by atoms with Gasteiger partial charge in [0.15, 0.2) is 0 Å². The lowest BCUT2D eigenvalue weighted by atomic mass is 10.0. The summed E-state index contributed by atoms with van der Waals surface area (Å²) >= 11 is 0. The van der Waals surface area contributed by atoms with Crippen LogP contribution in [-0.2, 0) is 10.2 Å². The molecule has 1 heterocycles. The number of nitrogens with zero attached hydrogens (tertiary/aromatic N) is 2. The van der Waals surface area contributed by atoms with Crippen LogP contribution in [0.25, 0.3) is 11.1 Å². The second-order valence-corrected chi connectivity index (χ2v) is 6.36. The molecule has 23 heavy (non-hydrogen) atoms. The number of aromatic hydroxyl groups is 1. The average Bonchev–Trinajstić information content (AvgIpc) is 2.80. The van der Waals surface area contributed by atoms with E-state index in [1.165, 1.54) is 12.1 Å². The molecule has 0 amide bonds. The Hall–Kier alpha value is -3.18. The highest BCUT2D eigenvalue weighted by molar-refractivity contribution is 7.91. The number of hydrogen-bond donors (Lipinski definition) is 3. The van der Waals surface area contributed by atoms with Gasteiger partial charge in [-0.3, -0.25) is 0 Å². The van der Waals surface area contributed by atoms with Gasteiger partial charge in [0.1, 0.15) is 11.4 Å². The minimum Gasteiger partial charge on any atom is -0.506 e. The number of hydrogen-bond acceptors (Lipinski definition) is 5. The Balaban J connectivity index is 2.12. The van der Waals surface area contributed by atoms with Gasteiger partial charge in [0.05, 0.1) is 17.8 Å². The number of aliphatic hydroxyl groups excluding tert-OH is 1. The van der Waals surface area contributed by atoms with Crippen LogP contribution in [0.5, 0.6) is 5.75 Å². The van der Waals surface area contributed by atoms with Crippen LogP contribution >= 0.6 is 0 Å². The SMILES string of the molecule is N#Cc1cccc(-c2ccc(O)c(N3C=C(O)NS3(=O)=O)c2)c1. The van der Waals surface area contributed by atoms with Crippen molar-refractivity contribution in [3.8, 4) is 22.9 Å². The van der Waals surface area contributed by atoms with E-state index in [9.17, 15) is 18.6 Å². The molecule has 0 aliphatic carbocycles. The summed E-state index contributed by atoms with van der Waals surface area (Å²) in [6.07, 6.45) is 0.958. The lowest BCUT2D eigenvalue weighted by molar-refractivity contribution is 0.392. The summed E-state index contributed by atoms with van der Waals surface area (Å²) in [6, 6.07) is 13.2. The number of benzene rings is 2. The first-order valence-electron chi connectivity index (χ1n) is 6.47. The minimum absolute atomic E-state index is 0.0126. The molecule has 2 aromatic carbocycles. The smallest absolute Gasteiger partial charge is 0.330 e. The van der Waals surface area contributed by atoms with Gasteiger partial charge in [0, 0.05) is 0 Å². The largest absolute Gasteiger partial charge is 0.506 e. The second-order valence-electron chi connectivity index (χ2n) is 4.81. The summed E-state index contributed by atoms with van der Waals surface area (Å²) in [5, 5.41) is 28.3. The molecule has 2 aromatic rings. The van der Waals surface area contributed by atoms with Crippen molar-refractivity contribution in [2.75, 3.05) is 4.31 Å². The van der Waals surface area contributed by atoms with Crippen LogP contribution in [-0.4, -0.2) is 18.6 Å². The fourth-order valence-corrected chi connectivity index (χ4v) is 3.29. The van der Waals surface area contributed by atoms with Gasteiger partial charge in [-0.05, 0) is 35.4 Å². The number of phenolic OH excluding ortho intramolecular Hbond substituents is 1. The third kappa shape index (κ3) is 2.65. The van der Waals surface area contributed by atoms with Gasteiger partial charge < -0.3 is 10.2 Å². The Morgan fingerprint density at radius 2 is 1.83 bits per heavy atom. The fraction of sp³-hybridized carbons (Fsp3) is 0. The highest BCUT2D eigenvalue weighted by Gasteiger charge is 2.30. The molecular formula is C15H11N3O4S. The molecule has 0 aromatic heterocycles. The molecular weight excluding hydrogens is 318 g/mol. The lowest BCUT2D eigenvalue weighted by Crippen LogP contribution is -2.29. The molecule has 116 valence electrons. The van der Waals surface area contributed by atoms with E-state index < -0.39 is 16.1 Å². The Morgan fingerprint density at radius 3 is 2.48 bits per heavy atom. The molecule has 3 rings (SSSR count). The van der Waals surface area contributed by atoms with E-state index in [2.05, 4.69) is 0 Å². The maximum absolute atomic E-state index is 11.9. The highest BCUT2D eigenvalue weighted by Crippen LogP contribution is 2.35. The van der Waals surface area contributed by atoms with Crippen LogP contribution in [0.2, 0.25) is 0 Å². The Bertz CT molecular complexity index is 961. The molecule has 0 unspecified atom stereocenters. The number of anilines is 1. The molecule has 0 fully saturated rings. The summed E-state index contributed by atoms with van der Waals surface area (Å²) in [6.45, 7) is 0. The van der Waals surface area contributed by atoms with Crippen LogP contribution in [0.4, 0.5) is 5.69 Å². The Morgan fingerprint density at radius 1 is 1.09 bits per heavy atom. The number of nitriles is 1. The fourth-order valence-electron chi connectivity index (χ4n) is 2.23. The Labute approximate surface area is 132 Å². The number of phenols is 1. The number of rotatable bonds is 2. The van der Waals surface area contributed by atoms with Crippen molar-refractivity contribution in [1.82, 2.24) is 4.72 Å². The molecule has 8 heteroatoms. The predicted molar refractivity (Wildman–Crippen MR) is 83.5 cm³/mol. The van der Waals surface area contributed by atoms with Gasteiger partial charge in [-0.25, -0.2) is 9.03 Å². The molecule has 0 spiro atoms. The van der Waals surface area contributed by atoms with Crippen molar-refractivity contribution in [3.63, 3.8) is 0 Å². The van der Waals surface area contributed by atoms with Gasteiger partial charge in [0.2, 0.25) is 5.88 Å². The topological polar surface area (TPSA) is 114 Å². The van der Waals surface area contributed by atoms with E-state index in [4.69, 9.17) is 5.26 Å². The zero-order valence-electron chi connectivity index (χ0n) is 11.6. The van der Waals surface area contributed by atoms with Gasteiger partial charge in [0.25, 0.3) is 0 Å². The van der Waals surface area contributed by atoms with E-state index in [-0.39, 0.29) is 11.4 Å². The van der Waals surface area contributed by atoms with Crippen LogP contribution in [0.15, 0.2) is 54.5 Å². The first-order valence-corrected chi connectivity index (χ1v) is 7.91. The van der Waals surface area contributed by atoms with E-state index in [1.807, 2.05) is 10.8 Å². The molecule has 1 aliphatic rings. The molecule has 1 aliphatic heterocycles. The zero-order chi connectivity index (χ0) is 16.6. The Kier molecular flexibility index (Phi) is 3.35. The standard InChI is InChI=1S/C15H11N3O4S/c16-8-10-2-1-3-11(6-10)12-4-5-14(19)13(7-12)18-9-15(20)17-23(18,21)22/h1-7,9,17,19-20H. The van der Waals surface area contributed by atoms with Gasteiger partial charge >= 0.3 is 10.2 Å². The molecule has 7 nitrogen and oxygen atoms in total. The summed E-state index contributed by atoms with van der Waals surface area (Å²) in [7, 11) is -4.00. The molecule has 0 saturated heterocycles. The molecule has 3 N–H and O–H groups in total. The van der Waals surface area contributed by atoms with Crippen molar-refractivity contribution in [2.45, 2.75) is 0 Å². The monoisotopic (exact) mass is 329 g/mol. The first-order chi connectivity index (χ1) is 10.9. The van der Waals surface area contributed by atoms with Gasteiger partial charge in [-0.15, -0.1) is 0 Å². The van der Waals surface area contributed by atoms with Gasteiger partial charge in [-0.2, -0.15) is 13.7 Å². The van der Waals surface area contributed by atoms with E-state index in [1.54, 1.807) is 30.3 Å². The third-order valence-electron chi connectivity index (χ3n) is 3.27. The summed E-state index contributed by atoms with van der Waals surface area (Å²) in [4.78, 5) is 0. The third-order valence-corrected chi connectivity index (χ3v) is 4.56. The molecule has 0 bridgehead atoms. The highest BCUT2D eigenvalue weighted by atomic mass is 32.2. The van der Waals surface area contributed by atoms with Crippen molar-refractivity contribution in [1.29, 1.82) is 5.26 Å². The van der Waals surface area contributed by atoms with E-state index >= 15 is 0 Å². The summed E-state index contributed by atoms with van der Waals surface area (Å²) < 4.78 is 26.5. The van der Waals surface area contributed by atoms with E-state index in [0.717, 1.165) is 10.5 Å². The molecule has 0 radical (unpaired) electrons. The van der Waals surface area contributed by atoms with E-state index in [0.29, 0.717) is 16.7 Å². The van der Waals surface area contributed by atoms with Crippen molar-refractivity contribution in [2.24, 2.45) is 0 Å². The second kappa shape index (κ2) is 5.23. The van der Waals surface area contributed by atoms with Crippen LogP contribution in [0, 0.1) is 11.3 Å². The van der Waals surface area contributed by atoms with Crippen molar-refractivity contribution in [3.05, 3.63) is 60.1 Å². The maximum atomic E-state index is 11.9. The van der Waals surface area contributed by atoms with Crippen molar-refractivity contribution >= 4 is 15.9 Å². The predicted octanol–water partition coefficient (Wildman–Crippen LogP) is 1.94. The average molecular weight is 329 g/mol. The van der Waals surface area contributed by atoms with Crippen LogP contribution in [0.3, 0.4) is 0 Å². The van der Waals surface area contributed by atoms with Crippen molar-refractivity contribution < 1.29 is 18.6 Å². The van der Waals surface area contributed by atoms with Crippen LogP contribution in [0.1, 0.15) is 5.56 Å².